The lowest BCUT2D eigenvalue weighted by molar-refractivity contribution is 0.0954. The molecule has 0 aliphatic carbocycles. The van der Waals surface area contributed by atoms with E-state index < -0.39 is 0 Å². The van der Waals surface area contributed by atoms with Crippen molar-refractivity contribution in [1.82, 2.24) is 5.43 Å². The molecule has 0 fully saturated rings. The van der Waals surface area contributed by atoms with Crippen LogP contribution in [-0.4, -0.2) is 18.4 Å². The van der Waals surface area contributed by atoms with Gasteiger partial charge in [-0.05, 0) is 42.8 Å². The second-order valence-corrected chi connectivity index (χ2v) is 5.63. The summed E-state index contributed by atoms with van der Waals surface area (Å²) in [6.45, 7) is 2.02. The van der Waals surface area contributed by atoms with Gasteiger partial charge in [-0.2, -0.15) is 5.10 Å². The Balaban J connectivity index is 1.71. The van der Waals surface area contributed by atoms with Gasteiger partial charge in [-0.15, -0.1) is 0 Å². The molecule has 1 heterocycles. The van der Waals surface area contributed by atoms with Crippen LogP contribution in [0.3, 0.4) is 0 Å². The molecular weight excluding hydrogens is 348 g/mol. The highest BCUT2D eigenvalue weighted by atomic mass is 79.9. The van der Waals surface area contributed by atoms with E-state index in [0.29, 0.717) is 17.1 Å². The molecule has 22 heavy (non-hydrogen) atoms. The van der Waals surface area contributed by atoms with Crippen molar-refractivity contribution in [3.8, 4) is 11.5 Å². The summed E-state index contributed by atoms with van der Waals surface area (Å²) in [7, 11) is 0. The number of amides is 1. The fourth-order valence-corrected chi connectivity index (χ4v) is 2.26. The fraction of sp³-hybridized carbons (Fsp3) is 0.125. The summed E-state index contributed by atoms with van der Waals surface area (Å²) in [5.41, 5.74) is 4.68. The molecular formula is C16H13BrN2O3. The van der Waals surface area contributed by atoms with Gasteiger partial charge in [0.1, 0.15) is 0 Å². The molecule has 1 N–H and O–H groups in total. The highest BCUT2D eigenvalue weighted by molar-refractivity contribution is 9.10. The maximum atomic E-state index is 12.1. The Bertz CT molecular complexity index is 742. The molecule has 0 saturated heterocycles. The molecule has 2 aromatic carbocycles. The molecule has 0 bridgehead atoms. The van der Waals surface area contributed by atoms with Gasteiger partial charge in [0.2, 0.25) is 6.79 Å². The first kappa shape index (κ1) is 14.6. The van der Waals surface area contributed by atoms with Crippen LogP contribution in [-0.2, 0) is 0 Å². The average molecular weight is 361 g/mol. The number of hydrogen-bond donors (Lipinski definition) is 1. The quantitative estimate of drug-likeness (QED) is 0.674. The first-order valence-corrected chi connectivity index (χ1v) is 7.43. The smallest absolute Gasteiger partial charge is 0.271 e. The number of hydrazone groups is 1. The van der Waals surface area contributed by atoms with Gasteiger partial charge in [0.15, 0.2) is 11.5 Å². The normalized spacial score (nSPS) is 13.1. The molecule has 1 aliphatic heterocycles. The number of ether oxygens (including phenoxy) is 2. The van der Waals surface area contributed by atoms with Crippen LogP contribution in [0.5, 0.6) is 11.5 Å². The van der Waals surface area contributed by atoms with Gasteiger partial charge in [0, 0.05) is 10.0 Å². The molecule has 112 valence electrons. The minimum absolute atomic E-state index is 0.182. The molecule has 5 nitrogen and oxygen atoms in total. The Labute approximate surface area is 136 Å². The molecule has 0 aromatic heterocycles. The van der Waals surface area contributed by atoms with Crippen molar-refractivity contribution in [2.24, 2.45) is 5.10 Å². The Morgan fingerprint density at radius 2 is 1.77 bits per heavy atom. The number of rotatable bonds is 3. The van der Waals surface area contributed by atoms with E-state index in [1.54, 1.807) is 18.2 Å². The van der Waals surface area contributed by atoms with E-state index in [-0.39, 0.29) is 12.7 Å². The molecule has 0 saturated carbocycles. The Morgan fingerprint density at radius 1 is 1.09 bits per heavy atom. The van der Waals surface area contributed by atoms with Crippen LogP contribution >= 0.6 is 15.9 Å². The van der Waals surface area contributed by atoms with Crippen molar-refractivity contribution in [1.29, 1.82) is 0 Å². The van der Waals surface area contributed by atoms with Gasteiger partial charge in [0.05, 0.1) is 5.71 Å². The monoisotopic (exact) mass is 360 g/mol. The molecule has 1 aliphatic rings. The van der Waals surface area contributed by atoms with E-state index in [1.807, 2.05) is 31.2 Å². The molecule has 2 aromatic rings. The van der Waals surface area contributed by atoms with Crippen molar-refractivity contribution in [3.63, 3.8) is 0 Å². The Hall–Kier alpha value is -2.34. The summed E-state index contributed by atoms with van der Waals surface area (Å²) in [4.78, 5) is 12.1. The summed E-state index contributed by atoms with van der Waals surface area (Å²) in [6, 6.07) is 12.7. The SMILES string of the molecule is C/C(=N\NC(=O)c1ccc2c(c1)OCO2)c1ccc(Br)cc1. The number of halogens is 1. The van der Waals surface area contributed by atoms with Crippen molar-refractivity contribution in [3.05, 3.63) is 58.1 Å². The Kier molecular flexibility index (Phi) is 4.11. The first-order valence-electron chi connectivity index (χ1n) is 6.64. The van der Waals surface area contributed by atoms with Gasteiger partial charge in [-0.25, -0.2) is 5.43 Å². The van der Waals surface area contributed by atoms with E-state index in [2.05, 4.69) is 26.5 Å². The van der Waals surface area contributed by atoms with Crippen molar-refractivity contribution < 1.29 is 14.3 Å². The predicted molar refractivity (Wildman–Crippen MR) is 86.4 cm³/mol. The van der Waals surface area contributed by atoms with Crippen molar-refractivity contribution in [2.75, 3.05) is 6.79 Å². The number of carbonyl (C=O) groups is 1. The van der Waals surface area contributed by atoms with E-state index >= 15 is 0 Å². The van der Waals surface area contributed by atoms with Gasteiger partial charge in [-0.3, -0.25) is 4.79 Å². The molecule has 3 rings (SSSR count). The molecule has 0 radical (unpaired) electrons. The van der Waals surface area contributed by atoms with Crippen LogP contribution in [0.1, 0.15) is 22.8 Å². The maximum Gasteiger partial charge on any atom is 0.271 e. The number of hydrogen-bond acceptors (Lipinski definition) is 4. The summed E-state index contributed by atoms with van der Waals surface area (Å²) >= 11 is 3.38. The Morgan fingerprint density at radius 3 is 2.55 bits per heavy atom. The first-order chi connectivity index (χ1) is 10.6. The number of benzene rings is 2. The molecule has 0 spiro atoms. The number of fused-ring (bicyclic) bond motifs is 1. The zero-order valence-corrected chi connectivity index (χ0v) is 13.4. The zero-order valence-electron chi connectivity index (χ0n) is 11.8. The van der Waals surface area contributed by atoms with Crippen LogP contribution < -0.4 is 14.9 Å². The van der Waals surface area contributed by atoms with Crippen LogP contribution in [0.25, 0.3) is 0 Å². The van der Waals surface area contributed by atoms with E-state index in [4.69, 9.17) is 9.47 Å². The highest BCUT2D eigenvalue weighted by Crippen LogP contribution is 2.32. The summed E-state index contributed by atoms with van der Waals surface area (Å²) in [5.74, 6) is 0.919. The lowest BCUT2D eigenvalue weighted by Gasteiger charge is -2.04. The zero-order chi connectivity index (χ0) is 15.5. The second-order valence-electron chi connectivity index (χ2n) is 4.71. The number of carbonyl (C=O) groups excluding carboxylic acids is 1. The van der Waals surface area contributed by atoms with Gasteiger partial charge in [0.25, 0.3) is 5.91 Å². The number of nitrogens with zero attached hydrogens (tertiary/aromatic N) is 1. The highest BCUT2D eigenvalue weighted by Gasteiger charge is 2.16. The number of nitrogens with one attached hydrogen (secondary N) is 1. The molecule has 0 unspecified atom stereocenters. The summed E-state index contributed by atoms with van der Waals surface area (Å²) in [5, 5.41) is 4.12. The lowest BCUT2D eigenvalue weighted by Crippen LogP contribution is -2.19. The van der Waals surface area contributed by atoms with E-state index in [9.17, 15) is 4.79 Å². The summed E-state index contributed by atoms with van der Waals surface area (Å²) < 4.78 is 11.5. The maximum absolute atomic E-state index is 12.1. The van der Waals surface area contributed by atoms with Crippen LogP contribution in [0, 0.1) is 0 Å². The third-order valence-electron chi connectivity index (χ3n) is 3.22. The van der Waals surface area contributed by atoms with Crippen LogP contribution in [0.4, 0.5) is 0 Å². The van der Waals surface area contributed by atoms with Crippen LogP contribution in [0.2, 0.25) is 0 Å². The summed E-state index contributed by atoms with van der Waals surface area (Å²) in [6.07, 6.45) is 0. The predicted octanol–water partition coefficient (Wildman–Crippen LogP) is 3.33. The minimum atomic E-state index is -0.297. The lowest BCUT2D eigenvalue weighted by atomic mass is 10.1. The van der Waals surface area contributed by atoms with Gasteiger partial charge in [-0.1, -0.05) is 28.1 Å². The van der Waals surface area contributed by atoms with Gasteiger partial charge >= 0.3 is 0 Å². The molecule has 6 heteroatoms. The third-order valence-corrected chi connectivity index (χ3v) is 3.75. The minimum Gasteiger partial charge on any atom is -0.454 e. The van der Waals surface area contributed by atoms with E-state index in [1.165, 1.54) is 0 Å². The topological polar surface area (TPSA) is 59.9 Å². The second kappa shape index (κ2) is 6.19. The third kappa shape index (κ3) is 3.12. The molecule has 0 atom stereocenters. The van der Waals surface area contributed by atoms with Crippen molar-refractivity contribution in [2.45, 2.75) is 6.92 Å². The molecule has 1 amide bonds. The van der Waals surface area contributed by atoms with Gasteiger partial charge < -0.3 is 9.47 Å². The largest absolute Gasteiger partial charge is 0.454 e. The van der Waals surface area contributed by atoms with E-state index in [0.717, 1.165) is 15.7 Å². The fourth-order valence-electron chi connectivity index (χ4n) is 1.99. The van der Waals surface area contributed by atoms with Crippen molar-refractivity contribution >= 4 is 27.5 Å². The average Bonchev–Trinajstić information content (AvgIpc) is 3.00. The van der Waals surface area contributed by atoms with Crippen LogP contribution in [0.15, 0.2) is 52.0 Å². The standard InChI is InChI=1S/C16H13BrN2O3/c1-10(11-2-5-13(17)6-3-11)18-19-16(20)12-4-7-14-15(8-12)22-9-21-14/h2-8H,9H2,1H3,(H,19,20)/b18-10+.